The van der Waals surface area contributed by atoms with E-state index < -0.39 is 0 Å². The number of amides is 2. The number of carbonyl (C=O) groups excluding carboxylic acids is 1. The molecule has 9 heteroatoms. The minimum Gasteiger partial charge on any atom is -0.404 e. The van der Waals surface area contributed by atoms with E-state index in [-0.39, 0.29) is 23.3 Å². The van der Waals surface area contributed by atoms with Crippen molar-refractivity contribution in [3.05, 3.63) is 108 Å². The van der Waals surface area contributed by atoms with Crippen molar-refractivity contribution in [1.29, 1.82) is 0 Å². The molecule has 0 radical (unpaired) electrons. The molecule has 2 aromatic heterocycles. The third kappa shape index (κ3) is 6.16. The number of nitrogens with two attached hydrogens (primary N) is 1. The van der Waals surface area contributed by atoms with Crippen LogP contribution in [0.25, 0.3) is 0 Å². The second-order valence-corrected chi connectivity index (χ2v) is 11.9. The molecule has 2 fully saturated rings. The summed E-state index contributed by atoms with van der Waals surface area (Å²) in [5, 5.41) is 3.37. The largest absolute Gasteiger partial charge is 0.404 e. The first-order valence-electron chi connectivity index (χ1n) is 15.0. The molecule has 2 aliphatic carbocycles. The lowest BCUT2D eigenvalue weighted by Gasteiger charge is -2.39. The summed E-state index contributed by atoms with van der Waals surface area (Å²) in [5.41, 5.74) is 10.9. The average Bonchev–Trinajstić information content (AvgIpc) is 3.36. The molecule has 1 unspecified atom stereocenters. The summed E-state index contributed by atoms with van der Waals surface area (Å²) in [7, 11) is 0. The number of halogens is 1. The van der Waals surface area contributed by atoms with E-state index in [2.05, 4.69) is 33.2 Å². The summed E-state index contributed by atoms with van der Waals surface area (Å²) < 4.78 is 13.4. The van der Waals surface area contributed by atoms with Crippen LogP contribution in [0.2, 0.25) is 0 Å². The number of nitrogens with one attached hydrogen (secondary N) is 1. The van der Waals surface area contributed by atoms with Crippen molar-refractivity contribution >= 4 is 23.2 Å². The molecule has 1 saturated heterocycles. The number of nitrogens with zero attached hydrogens (tertiary/aromatic N) is 5. The van der Waals surface area contributed by atoms with Gasteiger partial charge in [0.1, 0.15) is 11.6 Å². The smallest absolute Gasteiger partial charge is 0.318 e. The maximum absolute atomic E-state index is 13.6. The second kappa shape index (κ2) is 12.4. The highest BCUT2D eigenvalue weighted by Crippen LogP contribution is 2.56. The van der Waals surface area contributed by atoms with Gasteiger partial charge in [-0.1, -0.05) is 24.6 Å². The number of carbonyl (C=O) groups is 1. The zero-order valence-electron chi connectivity index (χ0n) is 24.5. The van der Waals surface area contributed by atoms with Gasteiger partial charge in [0.05, 0.1) is 17.4 Å². The molecule has 3 N–H and O–H groups in total. The Bertz CT molecular complexity index is 1520. The molecule has 0 bridgehead atoms. The minimum atomic E-state index is -0.284. The molecule has 2 amide bonds. The summed E-state index contributed by atoms with van der Waals surface area (Å²) in [6.07, 6.45) is 12.8. The number of allylic oxidation sites excluding steroid dienone is 3. The molecule has 6 rings (SSSR count). The van der Waals surface area contributed by atoms with Gasteiger partial charge in [-0.3, -0.25) is 4.98 Å². The van der Waals surface area contributed by atoms with Crippen LogP contribution in [-0.4, -0.2) is 52.8 Å². The van der Waals surface area contributed by atoms with Gasteiger partial charge in [-0.15, -0.1) is 0 Å². The van der Waals surface area contributed by atoms with Crippen molar-refractivity contribution in [1.82, 2.24) is 20.2 Å². The van der Waals surface area contributed by atoms with Crippen LogP contribution in [0.15, 0.2) is 102 Å². The van der Waals surface area contributed by atoms with E-state index in [0.717, 1.165) is 61.4 Å². The molecule has 3 aromatic rings. The lowest BCUT2D eigenvalue weighted by Crippen LogP contribution is -2.52. The highest BCUT2D eigenvalue weighted by atomic mass is 19.1. The molecule has 43 heavy (non-hydrogen) atoms. The summed E-state index contributed by atoms with van der Waals surface area (Å²) in [4.78, 5) is 31.3. The first-order chi connectivity index (χ1) is 20.9. The number of pyridine rings is 2. The Morgan fingerprint density at radius 3 is 2.65 bits per heavy atom. The predicted octanol–water partition coefficient (Wildman–Crippen LogP) is 5.94. The van der Waals surface area contributed by atoms with E-state index >= 15 is 0 Å². The molecule has 1 aliphatic heterocycles. The van der Waals surface area contributed by atoms with Gasteiger partial charge >= 0.3 is 6.03 Å². The van der Waals surface area contributed by atoms with Gasteiger partial charge in [-0.25, -0.2) is 19.2 Å². The quantitative estimate of drug-likeness (QED) is 0.377. The average molecular weight is 580 g/mol. The number of hydrogen-bond donors (Lipinski definition) is 2. The summed E-state index contributed by atoms with van der Waals surface area (Å²) >= 11 is 0. The number of hydrogen-bond acceptors (Lipinski definition) is 6. The number of rotatable bonds is 6. The third-order valence-electron chi connectivity index (χ3n) is 9.32. The maximum atomic E-state index is 13.6. The maximum Gasteiger partial charge on any atom is 0.318 e. The van der Waals surface area contributed by atoms with Gasteiger partial charge in [0, 0.05) is 44.8 Å². The fourth-order valence-corrected chi connectivity index (χ4v) is 6.78. The predicted molar refractivity (Wildman–Crippen MR) is 167 cm³/mol. The Morgan fingerprint density at radius 2 is 1.95 bits per heavy atom. The monoisotopic (exact) mass is 579 g/mol. The van der Waals surface area contributed by atoms with E-state index in [4.69, 9.17) is 10.7 Å². The Morgan fingerprint density at radius 1 is 1.14 bits per heavy atom. The topological polar surface area (TPSA) is 99.7 Å². The number of anilines is 1. The summed E-state index contributed by atoms with van der Waals surface area (Å²) in [6, 6.07) is 15.9. The van der Waals surface area contributed by atoms with Crippen molar-refractivity contribution in [3.63, 3.8) is 0 Å². The standard InChI is InChI=1S/C34H38FN7O/c1-34-21-25(22-36)31(39-29-11-9-28(35)10-12-29)20-27(34)8-7-26(34)19-30(24-5-4-13-37-23-24)40-33(43)42-17-15-41(16-18-42)32-6-2-3-14-38-32/h2-6,9-14,20,22-23,26,30H,7-8,15-19,21,36H2,1H3,(H,40,43)/t26-,30?,34-/m1/s1. The van der Waals surface area contributed by atoms with Crippen molar-refractivity contribution in [2.24, 2.45) is 22.1 Å². The Balaban J connectivity index is 1.18. The number of piperazine rings is 1. The van der Waals surface area contributed by atoms with Crippen LogP contribution in [0.5, 0.6) is 0 Å². The highest BCUT2D eigenvalue weighted by Gasteiger charge is 2.46. The Labute approximate surface area is 252 Å². The minimum absolute atomic E-state index is 0.0478. The lowest BCUT2D eigenvalue weighted by molar-refractivity contribution is 0.181. The lowest BCUT2D eigenvalue weighted by atomic mass is 9.67. The van der Waals surface area contributed by atoms with Crippen LogP contribution in [-0.2, 0) is 0 Å². The SMILES string of the molecule is C[C@]12CC(=CN)C(=Nc3ccc(F)cc3)C=C1CC[C@@H]2CC(NC(=O)N1CCN(c2ccccn2)CC1)c1cccnc1. The van der Waals surface area contributed by atoms with Gasteiger partial charge < -0.3 is 20.9 Å². The first kappa shape index (κ1) is 28.6. The molecule has 0 spiro atoms. The molecular formula is C34H38FN7O. The fraction of sp³-hybridized carbons (Fsp3) is 0.353. The van der Waals surface area contributed by atoms with E-state index in [0.29, 0.717) is 24.7 Å². The van der Waals surface area contributed by atoms with E-state index in [9.17, 15) is 9.18 Å². The van der Waals surface area contributed by atoms with E-state index in [1.807, 2.05) is 41.4 Å². The molecule has 3 heterocycles. The van der Waals surface area contributed by atoms with Crippen molar-refractivity contribution in [2.45, 2.75) is 38.6 Å². The first-order valence-corrected chi connectivity index (χ1v) is 15.0. The van der Waals surface area contributed by atoms with Gasteiger partial charge in [0.25, 0.3) is 0 Å². The molecule has 1 aromatic carbocycles. The molecule has 3 aliphatic rings. The van der Waals surface area contributed by atoms with Crippen LogP contribution >= 0.6 is 0 Å². The van der Waals surface area contributed by atoms with Gasteiger partial charge in [0.2, 0.25) is 0 Å². The van der Waals surface area contributed by atoms with Crippen LogP contribution in [0.4, 0.5) is 20.7 Å². The van der Waals surface area contributed by atoms with Crippen LogP contribution in [0.3, 0.4) is 0 Å². The zero-order chi connectivity index (χ0) is 29.8. The van der Waals surface area contributed by atoms with Crippen LogP contribution < -0.4 is 16.0 Å². The van der Waals surface area contributed by atoms with Crippen molar-refractivity contribution in [2.75, 3.05) is 31.1 Å². The molecule has 3 atom stereocenters. The number of fused-ring (bicyclic) bond motifs is 1. The molecule has 1 saturated carbocycles. The Hall–Kier alpha value is -4.53. The van der Waals surface area contributed by atoms with Gasteiger partial charge in [0.15, 0.2) is 0 Å². The number of urea groups is 1. The number of aromatic nitrogens is 2. The molecule has 8 nitrogen and oxygen atoms in total. The van der Waals surface area contributed by atoms with Crippen LogP contribution in [0, 0.1) is 17.2 Å². The third-order valence-corrected chi connectivity index (χ3v) is 9.32. The van der Waals surface area contributed by atoms with Gasteiger partial charge in [-0.2, -0.15) is 0 Å². The van der Waals surface area contributed by atoms with E-state index in [1.54, 1.807) is 30.7 Å². The number of benzene rings is 1. The zero-order valence-corrected chi connectivity index (χ0v) is 24.5. The van der Waals surface area contributed by atoms with Gasteiger partial charge in [-0.05, 0) is 103 Å². The number of aliphatic imine (C=N–C) groups is 1. The van der Waals surface area contributed by atoms with Crippen LogP contribution in [0.1, 0.15) is 44.2 Å². The van der Waals surface area contributed by atoms with E-state index in [1.165, 1.54) is 17.7 Å². The normalized spacial score (nSPS) is 24.5. The summed E-state index contributed by atoms with van der Waals surface area (Å²) in [6.45, 7) is 5.07. The molecular weight excluding hydrogens is 541 g/mol. The summed E-state index contributed by atoms with van der Waals surface area (Å²) in [5.74, 6) is 0.986. The highest BCUT2D eigenvalue weighted by molar-refractivity contribution is 6.11. The second-order valence-electron chi connectivity index (χ2n) is 11.9. The van der Waals surface area contributed by atoms with Crippen molar-refractivity contribution in [3.8, 4) is 0 Å². The molecule has 222 valence electrons. The van der Waals surface area contributed by atoms with Crippen molar-refractivity contribution < 1.29 is 9.18 Å². The Kier molecular flexibility index (Phi) is 8.22. The fourth-order valence-electron chi connectivity index (χ4n) is 6.78.